The zero-order valence-electron chi connectivity index (χ0n) is 16.1. The topological polar surface area (TPSA) is 128 Å². The molecule has 160 valence electrons. The molecule has 0 amide bonds. The van der Waals surface area contributed by atoms with Crippen LogP contribution in [0.4, 0.5) is 0 Å². The Morgan fingerprint density at radius 1 is 1.24 bits per heavy atom. The Bertz CT molecular complexity index is 723. The first-order valence-corrected chi connectivity index (χ1v) is 9.67. The molecule has 2 heterocycles. The lowest BCUT2D eigenvalue weighted by Gasteiger charge is -2.30. The monoisotopic (exact) mass is 426 g/mol. The highest BCUT2D eigenvalue weighted by Crippen LogP contribution is 2.32. The quantitative estimate of drug-likeness (QED) is 0.591. The van der Waals surface area contributed by atoms with Crippen molar-refractivity contribution in [2.75, 3.05) is 46.4 Å². The molecule has 2 aromatic rings. The number of rotatable bonds is 6. The van der Waals surface area contributed by atoms with Gasteiger partial charge in [-0.05, 0) is 24.6 Å². The standard InChI is InChI=1S/C17H22N2O3S.2CH2O2/c1-18(6-7-19-8-10-22-11-9-19)16(17(20)21)15-12-13-4-2-3-5-14(13)23-15;2*2-1-3/h2-5,12,16H,6-11H2,1H3,(H,20,21);2*1H,(H,2,3). The minimum atomic E-state index is -0.791. The van der Waals surface area contributed by atoms with Gasteiger partial charge in [0.15, 0.2) is 0 Å². The summed E-state index contributed by atoms with van der Waals surface area (Å²) in [5.41, 5.74) is 0. The molecule has 29 heavy (non-hydrogen) atoms. The maximum absolute atomic E-state index is 11.8. The Morgan fingerprint density at radius 3 is 2.38 bits per heavy atom. The van der Waals surface area contributed by atoms with Crippen LogP contribution in [-0.4, -0.2) is 90.5 Å². The molecule has 0 spiro atoms. The molecule has 1 aromatic carbocycles. The number of carboxylic acid groups (broad SMARTS) is 3. The van der Waals surface area contributed by atoms with E-state index in [0.29, 0.717) is 0 Å². The molecule has 1 aromatic heterocycles. The Balaban J connectivity index is 0.000000626. The summed E-state index contributed by atoms with van der Waals surface area (Å²) in [6.45, 7) is 4.48. The predicted molar refractivity (Wildman–Crippen MR) is 109 cm³/mol. The second kappa shape index (κ2) is 13.6. The number of likely N-dealkylation sites (N-methyl/N-ethyl adjacent to an activating group) is 1. The van der Waals surface area contributed by atoms with E-state index in [9.17, 15) is 9.90 Å². The second-order valence-corrected chi connectivity index (χ2v) is 7.19. The number of thiophene rings is 1. The summed E-state index contributed by atoms with van der Waals surface area (Å²) in [7, 11) is 1.89. The van der Waals surface area contributed by atoms with E-state index >= 15 is 0 Å². The van der Waals surface area contributed by atoms with Gasteiger partial charge in [-0.2, -0.15) is 0 Å². The average molecular weight is 426 g/mol. The fourth-order valence-corrected chi connectivity index (χ4v) is 4.14. The lowest BCUT2D eigenvalue weighted by atomic mass is 10.2. The van der Waals surface area contributed by atoms with E-state index < -0.39 is 12.0 Å². The molecule has 1 fully saturated rings. The molecule has 1 unspecified atom stereocenters. The number of hydrogen-bond donors (Lipinski definition) is 3. The minimum absolute atomic E-state index is 0.250. The van der Waals surface area contributed by atoms with E-state index in [0.717, 1.165) is 54.4 Å². The fourth-order valence-electron chi connectivity index (χ4n) is 2.92. The molecule has 3 rings (SSSR count). The van der Waals surface area contributed by atoms with E-state index in [1.165, 1.54) is 0 Å². The minimum Gasteiger partial charge on any atom is -0.483 e. The van der Waals surface area contributed by atoms with E-state index in [1.54, 1.807) is 11.3 Å². The van der Waals surface area contributed by atoms with Crippen LogP contribution in [0.2, 0.25) is 0 Å². The SMILES string of the molecule is CN(CCN1CCOCC1)C(C(=O)O)c1cc2ccccc2s1.O=CO.O=CO. The summed E-state index contributed by atoms with van der Waals surface area (Å²) in [5, 5.41) is 24.6. The van der Waals surface area contributed by atoms with E-state index in [2.05, 4.69) is 4.90 Å². The van der Waals surface area contributed by atoms with Gasteiger partial charge >= 0.3 is 5.97 Å². The molecule has 1 aliphatic rings. The molecule has 0 saturated carbocycles. The number of benzene rings is 1. The van der Waals surface area contributed by atoms with E-state index in [4.69, 9.17) is 24.5 Å². The van der Waals surface area contributed by atoms with Crippen LogP contribution >= 0.6 is 11.3 Å². The molecular formula is C19H26N2O7S. The number of aliphatic carboxylic acids is 1. The molecule has 1 aliphatic heterocycles. The Hall–Kier alpha value is -2.53. The van der Waals surface area contributed by atoms with Crippen LogP contribution in [0.3, 0.4) is 0 Å². The van der Waals surface area contributed by atoms with Crippen LogP contribution in [0.1, 0.15) is 10.9 Å². The van der Waals surface area contributed by atoms with E-state index in [1.807, 2.05) is 42.3 Å². The number of ether oxygens (including phenoxy) is 1. The smallest absolute Gasteiger partial charge is 0.326 e. The molecular weight excluding hydrogens is 400 g/mol. The van der Waals surface area contributed by atoms with Gasteiger partial charge in [0.05, 0.1) is 13.2 Å². The van der Waals surface area contributed by atoms with Crippen molar-refractivity contribution in [3.8, 4) is 0 Å². The number of fused-ring (bicyclic) bond motifs is 1. The molecule has 0 bridgehead atoms. The van der Waals surface area contributed by atoms with Crippen molar-refractivity contribution in [2.24, 2.45) is 0 Å². The summed E-state index contributed by atoms with van der Waals surface area (Å²) in [4.78, 5) is 33.7. The molecule has 0 aliphatic carbocycles. The van der Waals surface area contributed by atoms with Crippen molar-refractivity contribution < 1.29 is 34.4 Å². The summed E-state index contributed by atoms with van der Waals surface area (Å²) in [6, 6.07) is 9.45. The lowest BCUT2D eigenvalue weighted by molar-refractivity contribution is -0.143. The fraction of sp³-hybridized carbons (Fsp3) is 0.421. The Kier molecular flexibility index (Phi) is 11.5. The molecule has 0 radical (unpaired) electrons. The van der Waals surface area contributed by atoms with Crippen molar-refractivity contribution in [3.05, 3.63) is 35.2 Å². The van der Waals surface area contributed by atoms with Gasteiger partial charge in [-0.25, -0.2) is 0 Å². The van der Waals surface area contributed by atoms with Crippen molar-refractivity contribution in [1.82, 2.24) is 9.80 Å². The lowest BCUT2D eigenvalue weighted by Crippen LogP contribution is -2.42. The van der Waals surface area contributed by atoms with Crippen LogP contribution in [0.15, 0.2) is 30.3 Å². The third kappa shape index (κ3) is 8.16. The van der Waals surface area contributed by atoms with Crippen LogP contribution in [0.25, 0.3) is 10.1 Å². The highest BCUT2D eigenvalue weighted by molar-refractivity contribution is 7.19. The first kappa shape index (κ1) is 24.5. The van der Waals surface area contributed by atoms with Gasteiger partial charge in [0.2, 0.25) is 0 Å². The largest absolute Gasteiger partial charge is 0.483 e. The van der Waals surface area contributed by atoms with Crippen molar-refractivity contribution in [2.45, 2.75) is 6.04 Å². The predicted octanol–water partition coefficient (Wildman–Crippen LogP) is 1.69. The molecule has 3 N–H and O–H groups in total. The van der Waals surface area contributed by atoms with Gasteiger partial charge in [-0.3, -0.25) is 24.2 Å². The molecule has 9 nitrogen and oxygen atoms in total. The molecule has 1 atom stereocenters. The second-order valence-electron chi connectivity index (χ2n) is 6.07. The number of carboxylic acids is 1. The number of carbonyl (C=O) groups is 3. The normalized spacial score (nSPS) is 14.8. The van der Waals surface area contributed by atoms with Crippen molar-refractivity contribution >= 4 is 40.3 Å². The van der Waals surface area contributed by atoms with E-state index in [-0.39, 0.29) is 12.9 Å². The molecule has 10 heteroatoms. The van der Waals surface area contributed by atoms with Gasteiger partial charge in [0.1, 0.15) is 6.04 Å². The number of morpholine rings is 1. The first-order chi connectivity index (χ1) is 14.0. The summed E-state index contributed by atoms with van der Waals surface area (Å²) >= 11 is 1.57. The third-order valence-corrected chi connectivity index (χ3v) is 5.43. The van der Waals surface area contributed by atoms with Gasteiger partial charge in [-0.1, -0.05) is 18.2 Å². The Morgan fingerprint density at radius 2 is 1.83 bits per heavy atom. The summed E-state index contributed by atoms with van der Waals surface area (Å²) < 4.78 is 6.48. The maximum Gasteiger partial charge on any atom is 0.326 e. The summed E-state index contributed by atoms with van der Waals surface area (Å²) in [6.07, 6.45) is 0. The van der Waals surface area contributed by atoms with Gasteiger partial charge in [0.25, 0.3) is 12.9 Å². The summed E-state index contributed by atoms with van der Waals surface area (Å²) in [5.74, 6) is -0.791. The van der Waals surface area contributed by atoms with Crippen LogP contribution in [-0.2, 0) is 19.1 Å². The average Bonchev–Trinajstić information content (AvgIpc) is 3.11. The van der Waals surface area contributed by atoms with Crippen LogP contribution in [0, 0.1) is 0 Å². The highest BCUT2D eigenvalue weighted by Gasteiger charge is 2.27. The third-order valence-electron chi connectivity index (χ3n) is 4.26. The Labute approximate surface area is 172 Å². The van der Waals surface area contributed by atoms with Crippen molar-refractivity contribution in [1.29, 1.82) is 0 Å². The zero-order chi connectivity index (χ0) is 21.6. The zero-order valence-corrected chi connectivity index (χ0v) is 17.0. The molecule has 1 saturated heterocycles. The van der Waals surface area contributed by atoms with Crippen LogP contribution < -0.4 is 0 Å². The highest BCUT2D eigenvalue weighted by atomic mass is 32.1. The number of hydrogen-bond acceptors (Lipinski definition) is 7. The first-order valence-electron chi connectivity index (χ1n) is 8.85. The van der Waals surface area contributed by atoms with Gasteiger partial charge in [0, 0.05) is 35.8 Å². The maximum atomic E-state index is 11.8. The van der Waals surface area contributed by atoms with Gasteiger partial charge < -0.3 is 20.1 Å². The van der Waals surface area contributed by atoms with Crippen LogP contribution in [0.5, 0.6) is 0 Å². The van der Waals surface area contributed by atoms with Gasteiger partial charge in [-0.15, -0.1) is 11.3 Å². The van der Waals surface area contributed by atoms with Crippen molar-refractivity contribution in [3.63, 3.8) is 0 Å². The number of nitrogens with zero attached hydrogens (tertiary/aromatic N) is 2.